The lowest BCUT2D eigenvalue weighted by Crippen LogP contribution is -2.51. The van der Waals surface area contributed by atoms with Crippen molar-refractivity contribution >= 4 is 17.3 Å². The lowest BCUT2D eigenvalue weighted by Gasteiger charge is -2.56. The fourth-order valence-electron chi connectivity index (χ4n) is 6.70. The highest BCUT2D eigenvalue weighted by Crippen LogP contribution is 2.59. The van der Waals surface area contributed by atoms with Crippen LogP contribution in [0.15, 0.2) is 24.4 Å². The zero-order valence-corrected chi connectivity index (χ0v) is 18.2. The number of carbonyl (C=O) groups excluding carboxylic acids is 2. The molecule has 7 heteroatoms. The number of hydrogen-bond acceptors (Lipinski definition) is 4. The number of aromatic nitrogens is 2. The molecule has 6 rings (SSSR count). The highest BCUT2D eigenvalue weighted by atomic mass is 16.5. The Hall–Kier alpha value is -2.41. The zero-order valence-electron chi connectivity index (χ0n) is 18.2. The number of hydrogen-bond donors (Lipinski definition) is 2. The van der Waals surface area contributed by atoms with Crippen molar-refractivity contribution in [3.05, 3.63) is 35.7 Å². The molecule has 2 aromatic rings. The van der Waals surface area contributed by atoms with Crippen LogP contribution in [0.3, 0.4) is 0 Å². The number of pyridine rings is 1. The molecule has 0 aliphatic heterocycles. The van der Waals surface area contributed by atoms with Crippen molar-refractivity contribution in [2.45, 2.75) is 44.9 Å². The lowest BCUT2D eigenvalue weighted by atomic mass is 9.49. The molecule has 4 aliphatic carbocycles. The van der Waals surface area contributed by atoms with Crippen molar-refractivity contribution in [1.82, 2.24) is 20.2 Å². The van der Waals surface area contributed by atoms with Gasteiger partial charge in [0.15, 0.2) is 5.69 Å². The van der Waals surface area contributed by atoms with Crippen molar-refractivity contribution in [2.75, 3.05) is 26.8 Å². The van der Waals surface area contributed by atoms with Gasteiger partial charge in [0.2, 0.25) is 0 Å². The van der Waals surface area contributed by atoms with Gasteiger partial charge in [-0.15, -0.1) is 0 Å². The number of methoxy groups -OCH3 is 1. The normalized spacial score (nSPS) is 28.7. The first-order valence-electron chi connectivity index (χ1n) is 11.6. The minimum Gasteiger partial charge on any atom is -0.385 e. The molecule has 0 saturated heterocycles. The van der Waals surface area contributed by atoms with E-state index in [1.54, 1.807) is 30.0 Å². The van der Waals surface area contributed by atoms with Crippen LogP contribution < -0.4 is 10.6 Å². The Morgan fingerprint density at radius 3 is 2.52 bits per heavy atom. The fraction of sp³-hybridized carbons (Fsp3) is 0.625. The highest BCUT2D eigenvalue weighted by Gasteiger charge is 2.50. The van der Waals surface area contributed by atoms with E-state index in [0.717, 1.165) is 30.7 Å². The summed E-state index contributed by atoms with van der Waals surface area (Å²) in [5.74, 6) is 2.29. The number of ether oxygens (including phenoxy) is 1. The van der Waals surface area contributed by atoms with E-state index in [2.05, 4.69) is 15.7 Å². The van der Waals surface area contributed by atoms with Crippen molar-refractivity contribution < 1.29 is 14.3 Å². The first-order valence-corrected chi connectivity index (χ1v) is 11.6. The molecule has 31 heavy (non-hydrogen) atoms. The van der Waals surface area contributed by atoms with Gasteiger partial charge in [0.1, 0.15) is 0 Å². The summed E-state index contributed by atoms with van der Waals surface area (Å²) in [6, 6.07) is 5.32. The number of rotatable bonds is 8. The van der Waals surface area contributed by atoms with Gasteiger partial charge in [-0.1, -0.05) is 0 Å². The standard InChI is InChI=1S/C24H32N4O3/c1-31-7-3-5-25-23(30)20-11-21-19(4-2-6-28(21)27-20)22(29)26-15-24-12-16-8-17(13-24)10-18(9-16)14-24/h2,4,6,11,16-18H,3,5,7-10,12-15H2,1H3,(H,25,30)(H,26,29). The van der Waals surface area contributed by atoms with Crippen LogP contribution in [0.5, 0.6) is 0 Å². The SMILES string of the molecule is COCCCNC(=O)c1cc2c(C(=O)NCC34CC5CC(CC(C5)C3)C4)cccn2n1. The van der Waals surface area contributed by atoms with Crippen LogP contribution in [0.4, 0.5) is 0 Å². The van der Waals surface area contributed by atoms with E-state index in [1.165, 1.54) is 38.5 Å². The molecule has 4 bridgehead atoms. The summed E-state index contributed by atoms with van der Waals surface area (Å²) in [5, 5.41) is 10.5. The summed E-state index contributed by atoms with van der Waals surface area (Å²) in [5.41, 5.74) is 1.84. The van der Waals surface area contributed by atoms with Gasteiger partial charge in [-0.25, -0.2) is 4.52 Å². The van der Waals surface area contributed by atoms with Crippen LogP contribution >= 0.6 is 0 Å². The minimum absolute atomic E-state index is 0.0756. The third-order valence-electron chi connectivity index (χ3n) is 7.58. The largest absolute Gasteiger partial charge is 0.385 e. The van der Waals surface area contributed by atoms with Gasteiger partial charge in [-0.2, -0.15) is 5.10 Å². The van der Waals surface area contributed by atoms with Crippen LogP contribution in [0.25, 0.3) is 5.52 Å². The fourth-order valence-corrected chi connectivity index (χ4v) is 6.70. The molecule has 7 nitrogen and oxygen atoms in total. The Morgan fingerprint density at radius 2 is 1.84 bits per heavy atom. The summed E-state index contributed by atoms with van der Waals surface area (Å²) in [7, 11) is 1.64. The first-order chi connectivity index (χ1) is 15.0. The number of nitrogens with zero attached hydrogens (tertiary/aromatic N) is 2. The summed E-state index contributed by atoms with van der Waals surface area (Å²) in [4.78, 5) is 25.5. The highest BCUT2D eigenvalue weighted by molar-refractivity contribution is 6.02. The molecular formula is C24H32N4O3. The summed E-state index contributed by atoms with van der Waals surface area (Å²) in [6.45, 7) is 1.88. The van der Waals surface area contributed by atoms with Crippen molar-refractivity contribution in [3.63, 3.8) is 0 Å². The summed E-state index contributed by atoms with van der Waals surface area (Å²) in [6.07, 6.45) is 10.5. The van der Waals surface area contributed by atoms with Crippen LogP contribution in [0.1, 0.15) is 65.8 Å². The molecule has 4 aliphatic rings. The molecule has 0 radical (unpaired) electrons. The van der Waals surface area contributed by atoms with E-state index < -0.39 is 0 Å². The predicted molar refractivity (Wildman–Crippen MR) is 117 cm³/mol. The maximum atomic E-state index is 13.1. The number of fused-ring (bicyclic) bond motifs is 1. The Labute approximate surface area is 182 Å². The van der Waals surface area contributed by atoms with E-state index >= 15 is 0 Å². The topological polar surface area (TPSA) is 84.7 Å². The van der Waals surface area contributed by atoms with Crippen molar-refractivity contribution in [1.29, 1.82) is 0 Å². The Kier molecular flexibility index (Phi) is 5.46. The van der Waals surface area contributed by atoms with Gasteiger partial charge in [0.05, 0.1) is 11.1 Å². The second kappa shape index (κ2) is 8.26. The molecule has 0 aromatic carbocycles. The number of amides is 2. The van der Waals surface area contributed by atoms with E-state index in [1.807, 2.05) is 6.07 Å². The molecule has 4 saturated carbocycles. The van der Waals surface area contributed by atoms with Gasteiger partial charge in [0, 0.05) is 33.0 Å². The van der Waals surface area contributed by atoms with Crippen LogP contribution in [0.2, 0.25) is 0 Å². The molecule has 2 amide bonds. The Morgan fingerprint density at radius 1 is 1.13 bits per heavy atom. The van der Waals surface area contributed by atoms with E-state index in [-0.39, 0.29) is 11.8 Å². The van der Waals surface area contributed by atoms with Gasteiger partial charge in [-0.3, -0.25) is 9.59 Å². The van der Waals surface area contributed by atoms with Crippen LogP contribution in [0, 0.1) is 23.2 Å². The van der Waals surface area contributed by atoms with E-state index in [9.17, 15) is 9.59 Å². The predicted octanol–water partition coefficient (Wildman–Crippen LogP) is 3.05. The van der Waals surface area contributed by atoms with Gasteiger partial charge in [0.25, 0.3) is 11.8 Å². The molecule has 4 fully saturated rings. The number of carbonyl (C=O) groups is 2. The minimum atomic E-state index is -0.236. The van der Waals surface area contributed by atoms with E-state index in [4.69, 9.17) is 4.74 Å². The monoisotopic (exact) mass is 424 g/mol. The second-order valence-corrected chi connectivity index (χ2v) is 9.98. The Bertz CT molecular complexity index is 947. The van der Waals surface area contributed by atoms with Crippen LogP contribution in [-0.4, -0.2) is 48.2 Å². The molecule has 2 N–H and O–H groups in total. The lowest BCUT2D eigenvalue weighted by molar-refractivity contribution is -0.0503. The quantitative estimate of drug-likeness (QED) is 0.638. The zero-order chi connectivity index (χ0) is 21.4. The molecule has 0 unspecified atom stereocenters. The molecule has 2 heterocycles. The maximum Gasteiger partial charge on any atom is 0.271 e. The van der Waals surface area contributed by atoms with Crippen molar-refractivity contribution in [3.8, 4) is 0 Å². The van der Waals surface area contributed by atoms with Gasteiger partial charge in [-0.05, 0) is 86.3 Å². The molecule has 2 aromatic heterocycles. The smallest absolute Gasteiger partial charge is 0.271 e. The van der Waals surface area contributed by atoms with Gasteiger partial charge < -0.3 is 15.4 Å². The molecule has 166 valence electrons. The van der Waals surface area contributed by atoms with E-state index in [0.29, 0.717) is 35.3 Å². The average Bonchev–Trinajstić information content (AvgIpc) is 3.19. The molecule has 0 spiro atoms. The second-order valence-electron chi connectivity index (χ2n) is 9.98. The van der Waals surface area contributed by atoms with Gasteiger partial charge >= 0.3 is 0 Å². The molecular weight excluding hydrogens is 392 g/mol. The third kappa shape index (κ3) is 4.07. The van der Waals surface area contributed by atoms with Crippen LogP contribution in [-0.2, 0) is 4.74 Å². The first kappa shape index (κ1) is 20.5. The molecule has 0 atom stereocenters. The summed E-state index contributed by atoms with van der Waals surface area (Å²) >= 11 is 0. The number of nitrogens with one attached hydrogen (secondary N) is 2. The average molecular weight is 425 g/mol. The van der Waals surface area contributed by atoms with Crippen molar-refractivity contribution in [2.24, 2.45) is 23.2 Å². The third-order valence-corrected chi connectivity index (χ3v) is 7.58. The summed E-state index contributed by atoms with van der Waals surface area (Å²) < 4.78 is 6.62. The Balaban J connectivity index is 1.27. The maximum absolute atomic E-state index is 13.1.